The number of hydrogen-bond acceptors (Lipinski definition) is 1. The molecule has 2 heteroatoms. The number of halogens is 1. The normalized spacial score (nSPS) is 31.2. The Hall–Kier alpha value is -1.42. The van der Waals surface area contributed by atoms with E-state index in [0.717, 1.165) is 17.4 Å². The topological polar surface area (TPSA) is 17.1 Å². The first-order valence-corrected chi connectivity index (χ1v) is 10.8. The minimum atomic E-state index is -0.0640. The molecular formula is C27H33IO. The molecule has 1 aromatic carbocycles. The Morgan fingerprint density at radius 3 is 2.38 bits per heavy atom. The molecule has 4 atom stereocenters. The average Bonchev–Trinajstić information content (AvgIpc) is 2.67. The summed E-state index contributed by atoms with van der Waals surface area (Å²) in [5.74, 6) is 3.05. The van der Waals surface area contributed by atoms with Gasteiger partial charge in [-0.2, -0.15) is 0 Å². The van der Waals surface area contributed by atoms with E-state index in [1.54, 1.807) is 0 Å². The summed E-state index contributed by atoms with van der Waals surface area (Å²) in [6.07, 6.45) is 14.5. The Kier molecular flexibility index (Phi) is 7.03. The monoisotopic (exact) mass is 500 g/mol. The SMILES string of the molecule is C=C1C(C2CC(C)C2)C=CC2C(CC(=O)C(C)c3ccc(C)cc3)=CC=CC12.I. The van der Waals surface area contributed by atoms with Crippen molar-refractivity contribution in [2.45, 2.75) is 46.0 Å². The zero-order valence-electron chi connectivity index (χ0n) is 17.8. The molecule has 1 nitrogen and oxygen atoms in total. The predicted molar refractivity (Wildman–Crippen MR) is 132 cm³/mol. The molecule has 0 amide bonds. The van der Waals surface area contributed by atoms with E-state index >= 15 is 0 Å². The third-order valence-electron chi connectivity index (χ3n) is 7.18. The largest absolute Gasteiger partial charge is 0.299 e. The molecule has 0 heterocycles. The van der Waals surface area contributed by atoms with E-state index in [2.05, 4.69) is 75.1 Å². The Bertz CT molecular complexity index is 851. The van der Waals surface area contributed by atoms with Gasteiger partial charge in [-0.15, -0.1) is 24.0 Å². The first-order chi connectivity index (χ1) is 13.4. The second kappa shape index (κ2) is 9.16. The molecule has 0 radical (unpaired) electrons. The molecule has 0 aliphatic heterocycles. The van der Waals surface area contributed by atoms with Gasteiger partial charge >= 0.3 is 0 Å². The molecule has 4 unspecified atom stereocenters. The number of benzene rings is 1. The zero-order chi connectivity index (χ0) is 19.8. The van der Waals surface area contributed by atoms with Crippen LogP contribution in [0.1, 0.15) is 50.2 Å². The lowest BCUT2D eigenvalue weighted by atomic mass is 9.61. The lowest BCUT2D eigenvalue weighted by molar-refractivity contribution is -0.119. The summed E-state index contributed by atoms with van der Waals surface area (Å²) in [5.41, 5.74) is 4.94. The van der Waals surface area contributed by atoms with Crippen LogP contribution in [-0.2, 0) is 4.79 Å². The van der Waals surface area contributed by atoms with E-state index in [4.69, 9.17) is 0 Å². The summed E-state index contributed by atoms with van der Waals surface area (Å²) in [6, 6.07) is 8.35. The maximum atomic E-state index is 13.0. The lowest BCUT2D eigenvalue weighted by Crippen LogP contribution is -2.34. The summed E-state index contributed by atoms with van der Waals surface area (Å²) >= 11 is 0. The van der Waals surface area contributed by atoms with Crippen molar-refractivity contribution >= 4 is 29.8 Å². The highest BCUT2D eigenvalue weighted by atomic mass is 127. The van der Waals surface area contributed by atoms with Gasteiger partial charge in [0.1, 0.15) is 5.78 Å². The molecule has 0 bridgehead atoms. The minimum Gasteiger partial charge on any atom is -0.299 e. The highest BCUT2D eigenvalue weighted by Crippen LogP contribution is 2.49. The molecule has 4 rings (SSSR count). The first kappa shape index (κ1) is 22.3. The molecule has 1 aromatic rings. The molecule has 0 aromatic heterocycles. The number of aryl methyl sites for hydroxylation is 1. The summed E-state index contributed by atoms with van der Waals surface area (Å²) in [5, 5.41) is 0. The summed E-state index contributed by atoms with van der Waals surface area (Å²) in [4.78, 5) is 13.0. The Labute approximate surface area is 193 Å². The molecule has 154 valence electrons. The number of Topliss-reactive ketones (excluding diaryl/α,β-unsaturated/α-hetero) is 1. The van der Waals surface area contributed by atoms with E-state index in [1.807, 2.05) is 6.92 Å². The van der Waals surface area contributed by atoms with Crippen molar-refractivity contribution in [3.8, 4) is 0 Å². The maximum Gasteiger partial charge on any atom is 0.144 e. The van der Waals surface area contributed by atoms with Crippen LogP contribution < -0.4 is 0 Å². The van der Waals surface area contributed by atoms with Gasteiger partial charge in [-0.3, -0.25) is 4.79 Å². The number of carbonyl (C=O) groups is 1. The van der Waals surface area contributed by atoms with E-state index < -0.39 is 0 Å². The van der Waals surface area contributed by atoms with E-state index in [9.17, 15) is 4.79 Å². The van der Waals surface area contributed by atoms with Gasteiger partial charge in [-0.1, -0.05) is 91.8 Å². The average molecular weight is 500 g/mol. The Morgan fingerprint density at radius 1 is 1.07 bits per heavy atom. The number of allylic oxidation sites excluding steroid dienone is 7. The van der Waals surface area contributed by atoms with Crippen molar-refractivity contribution < 1.29 is 4.79 Å². The lowest BCUT2D eigenvalue weighted by Gasteiger charge is -2.44. The highest BCUT2D eigenvalue weighted by molar-refractivity contribution is 14.0. The van der Waals surface area contributed by atoms with E-state index in [1.165, 1.54) is 29.6 Å². The number of ketones is 1. The van der Waals surface area contributed by atoms with Crippen LogP contribution >= 0.6 is 24.0 Å². The van der Waals surface area contributed by atoms with Gasteiger partial charge in [-0.05, 0) is 37.2 Å². The van der Waals surface area contributed by atoms with Crippen LogP contribution in [0.5, 0.6) is 0 Å². The number of rotatable bonds is 5. The maximum absolute atomic E-state index is 13.0. The van der Waals surface area contributed by atoms with Gasteiger partial charge in [0.15, 0.2) is 0 Å². The van der Waals surface area contributed by atoms with Crippen molar-refractivity contribution in [3.05, 3.63) is 83.5 Å². The Balaban J connectivity index is 0.00000240. The predicted octanol–water partition coefficient (Wildman–Crippen LogP) is 7.19. The number of hydrogen-bond donors (Lipinski definition) is 0. The fraction of sp³-hybridized carbons (Fsp3) is 0.444. The van der Waals surface area contributed by atoms with Crippen LogP contribution in [0.25, 0.3) is 0 Å². The minimum absolute atomic E-state index is 0. The second-order valence-corrected chi connectivity index (χ2v) is 9.28. The summed E-state index contributed by atoms with van der Waals surface area (Å²) < 4.78 is 0. The van der Waals surface area contributed by atoms with E-state index in [0.29, 0.717) is 30.0 Å². The first-order valence-electron chi connectivity index (χ1n) is 10.8. The molecule has 3 aliphatic rings. The second-order valence-electron chi connectivity index (χ2n) is 9.28. The van der Waals surface area contributed by atoms with Gasteiger partial charge in [0, 0.05) is 30.1 Å². The summed E-state index contributed by atoms with van der Waals surface area (Å²) in [7, 11) is 0. The molecule has 29 heavy (non-hydrogen) atoms. The van der Waals surface area contributed by atoms with E-state index in [-0.39, 0.29) is 29.9 Å². The molecule has 0 spiro atoms. The van der Waals surface area contributed by atoms with Gasteiger partial charge in [0.2, 0.25) is 0 Å². The van der Waals surface area contributed by atoms with Crippen molar-refractivity contribution in [2.75, 3.05) is 0 Å². The molecular weight excluding hydrogens is 467 g/mol. The van der Waals surface area contributed by atoms with Crippen molar-refractivity contribution in [3.63, 3.8) is 0 Å². The van der Waals surface area contributed by atoms with Crippen LogP contribution in [0.2, 0.25) is 0 Å². The number of fused-ring (bicyclic) bond motifs is 1. The third kappa shape index (κ3) is 4.52. The van der Waals surface area contributed by atoms with Gasteiger partial charge in [0.05, 0.1) is 0 Å². The van der Waals surface area contributed by atoms with Crippen molar-refractivity contribution in [1.29, 1.82) is 0 Å². The zero-order valence-corrected chi connectivity index (χ0v) is 20.1. The fourth-order valence-corrected chi connectivity index (χ4v) is 5.23. The molecule has 0 saturated heterocycles. The van der Waals surface area contributed by atoms with Crippen LogP contribution in [0.15, 0.2) is 72.4 Å². The molecule has 1 saturated carbocycles. The molecule has 1 fully saturated rings. The van der Waals surface area contributed by atoms with Crippen LogP contribution in [-0.4, -0.2) is 5.78 Å². The van der Waals surface area contributed by atoms with Crippen molar-refractivity contribution in [2.24, 2.45) is 29.6 Å². The molecule has 3 aliphatic carbocycles. The van der Waals surface area contributed by atoms with Crippen LogP contribution in [0.3, 0.4) is 0 Å². The van der Waals surface area contributed by atoms with Crippen LogP contribution in [0, 0.1) is 36.5 Å². The summed E-state index contributed by atoms with van der Waals surface area (Å²) in [6.45, 7) is 11.0. The smallest absolute Gasteiger partial charge is 0.144 e. The molecule has 0 N–H and O–H groups in total. The number of carbonyl (C=O) groups excluding carboxylic acids is 1. The quantitative estimate of drug-likeness (QED) is 0.309. The standard InChI is InChI=1S/C27H32O.HI/c1-17-8-10-21(11-9-17)19(3)27(28)16-22-6-5-7-25-20(4)24(12-13-26(22)25)23-14-18(2)15-23;/h5-13,18-19,23-26H,4,14-16H2,1-3H3;1H. The fourth-order valence-electron chi connectivity index (χ4n) is 5.23. The van der Waals surface area contributed by atoms with Gasteiger partial charge in [-0.25, -0.2) is 0 Å². The van der Waals surface area contributed by atoms with Gasteiger partial charge in [0.25, 0.3) is 0 Å². The van der Waals surface area contributed by atoms with Gasteiger partial charge < -0.3 is 0 Å². The highest BCUT2D eigenvalue weighted by Gasteiger charge is 2.39. The Morgan fingerprint density at radius 2 is 1.72 bits per heavy atom. The van der Waals surface area contributed by atoms with Crippen molar-refractivity contribution in [1.82, 2.24) is 0 Å². The van der Waals surface area contributed by atoms with Crippen LogP contribution in [0.4, 0.5) is 0 Å². The third-order valence-corrected chi connectivity index (χ3v) is 7.18.